The Balaban J connectivity index is 1.85. The van der Waals surface area contributed by atoms with Gasteiger partial charge in [0, 0.05) is 11.4 Å². The average Bonchev–Trinajstić information content (AvgIpc) is 2.61. The molecular formula is C21H28N2O3S2. The smallest absolute Gasteiger partial charge is 0.240 e. The van der Waals surface area contributed by atoms with Crippen molar-refractivity contribution in [2.75, 3.05) is 29.4 Å². The molecular weight excluding hydrogens is 392 g/mol. The van der Waals surface area contributed by atoms with Gasteiger partial charge in [0.05, 0.1) is 11.9 Å². The molecule has 0 fully saturated rings. The number of carbonyl (C=O) groups is 1. The molecule has 0 atom stereocenters. The van der Waals surface area contributed by atoms with Gasteiger partial charge in [0.1, 0.15) is 6.54 Å². The second-order valence-corrected chi connectivity index (χ2v) is 10.00. The average molecular weight is 421 g/mol. The zero-order valence-electron chi connectivity index (χ0n) is 16.9. The molecule has 28 heavy (non-hydrogen) atoms. The molecule has 0 saturated heterocycles. The van der Waals surface area contributed by atoms with Gasteiger partial charge in [-0.2, -0.15) is 0 Å². The molecule has 0 aliphatic rings. The van der Waals surface area contributed by atoms with E-state index in [9.17, 15) is 13.2 Å². The van der Waals surface area contributed by atoms with Crippen LogP contribution in [0.25, 0.3) is 0 Å². The first-order valence-electron chi connectivity index (χ1n) is 9.18. The zero-order valence-corrected chi connectivity index (χ0v) is 18.5. The Labute approximate surface area is 172 Å². The molecule has 0 aliphatic heterocycles. The standard InChI is InChI=1S/C21H28N2O3S2/c1-16-6-9-19(10-7-16)27-13-5-12-22-21(24)15-23(28(4,25)26)20-11-8-17(2)14-18(20)3/h6-11,14H,5,12-13,15H2,1-4H3,(H,22,24). The fourth-order valence-electron chi connectivity index (χ4n) is 2.78. The lowest BCUT2D eigenvalue weighted by molar-refractivity contribution is -0.119. The number of carbonyl (C=O) groups excluding carboxylic acids is 1. The van der Waals surface area contributed by atoms with Gasteiger partial charge in [-0.25, -0.2) is 8.42 Å². The highest BCUT2D eigenvalue weighted by Crippen LogP contribution is 2.23. The van der Waals surface area contributed by atoms with Gasteiger partial charge in [-0.05, 0) is 56.7 Å². The normalized spacial score (nSPS) is 11.3. The van der Waals surface area contributed by atoms with E-state index in [1.54, 1.807) is 17.8 Å². The third kappa shape index (κ3) is 6.87. The lowest BCUT2D eigenvalue weighted by Crippen LogP contribution is -2.41. The molecule has 0 heterocycles. The van der Waals surface area contributed by atoms with Crippen LogP contribution >= 0.6 is 11.8 Å². The molecule has 1 amide bonds. The summed E-state index contributed by atoms with van der Waals surface area (Å²) in [6.07, 6.45) is 1.94. The Hall–Kier alpha value is -1.99. The highest BCUT2D eigenvalue weighted by atomic mass is 32.2. The van der Waals surface area contributed by atoms with Crippen molar-refractivity contribution in [1.82, 2.24) is 5.32 Å². The van der Waals surface area contributed by atoms with Crippen molar-refractivity contribution in [2.24, 2.45) is 0 Å². The van der Waals surface area contributed by atoms with Crippen molar-refractivity contribution in [1.29, 1.82) is 0 Å². The Morgan fingerprint density at radius 2 is 1.68 bits per heavy atom. The Morgan fingerprint density at radius 1 is 1.04 bits per heavy atom. The minimum atomic E-state index is -3.55. The lowest BCUT2D eigenvalue weighted by Gasteiger charge is -2.24. The van der Waals surface area contributed by atoms with Crippen LogP contribution in [0.15, 0.2) is 47.4 Å². The van der Waals surface area contributed by atoms with Crippen LogP contribution in [0.2, 0.25) is 0 Å². The maximum Gasteiger partial charge on any atom is 0.240 e. The Kier molecular flexibility index (Phi) is 7.95. The summed E-state index contributed by atoms with van der Waals surface area (Å²) >= 11 is 1.74. The van der Waals surface area contributed by atoms with E-state index >= 15 is 0 Å². The highest BCUT2D eigenvalue weighted by Gasteiger charge is 2.22. The van der Waals surface area contributed by atoms with Gasteiger partial charge in [0.15, 0.2) is 0 Å². The molecule has 0 unspecified atom stereocenters. The number of benzene rings is 2. The molecule has 2 rings (SSSR count). The molecule has 0 aliphatic carbocycles. The van der Waals surface area contributed by atoms with E-state index in [1.165, 1.54) is 10.5 Å². The van der Waals surface area contributed by atoms with Crippen LogP contribution < -0.4 is 9.62 Å². The molecule has 7 heteroatoms. The van der Waals surface area contributed by atoms with Gasteiger partial charge in [-0.15, -0.1) is 11.8 Å². The monoisotopic (exact) mass is 420 g/mol. The summed E-state index contributed by atoms with van der Waals surface area (Å²) in [5.41, 5.74) is 3.65. The first-order valence-corrected chi connectivity index (χ1v) is 12.0. The van der Waals surface area contributed by atoms with Gasteiger partial charge >= 0.3 is 0 Å². The Morgan fingerprint density at radius 3 is 2.29 bits per heavy atom. The van der Waals surface area contributed by atoms with E-state index in [1.807, 2.05) is 26.0 Å². The first-order chi connectivity index (χ1) is 13.2. The zero-order chi connectivity index (χ0) is 20.7. The van der Waals surface area contributed by atoms with E-state index in [0.717, 1.165) is 33.9 Å². The molecule has 0 radical (unpaired) electrons. The fraction of sp³-hybridized carbons (Fsp3) is 0.381. The third-order valence-corrected chi connectivity index (χ3v) is 6.47. The van der Waals surface area contributed by atoms with Crippen LogP contribution in [0.3, 0.4) is 0 Å². The fourth-order valence-corrected chi connectivity index (χ4v) is 4.54. The van der Waals surface area contributed by atoms with Gasteiger partial charge < -0.3 is 5.32 Å². The molecule has 0 spiro atoms. The summed E-state index contributed by atoms with van der Waals surface area (Å²) in [5.74, 6) is 0.585. The van der Waals surface area contributed by atoms with Crippen LogP contribution in [-0.2, 0) is 14.8 Å². The third-order valence-electron chi connectivity index (χ3n) is 4.24. The summed E-state index contributed by atoms with van der Waals surface area (Å²) in [6, 6.07) is 13.8. The Bertz CT molecular complexity index is 910. The van der Waals surface area contributed by atoms with Gasteiger partial charge in [-0.3, -0.25) is 9.10 Å². The number of nitrogens with one attached hydrogen (secondary N) is 1. The van der Waals surface area contributed by atoms with Crippen LogP contribution in [-0.4, -0.2) is 39.4 Å². The molecule has 2 aromatic carbocycles. The van der Waals surface area contributed by atoms with Gasteiger partial charge in [-0.1, -0.05) is 35.4 Å². The minimum absolute atomic E-state index is 0.214. The van der Waals surface area contributed by atoms with Crippen LogP contribution in [0.4, 0.5) is 5.69 Å². The molecule has 152 valence electrons. The lowest BCUT2D eigenvalue weighted by atomic mass is 10.1. The summed E-state index contributed by atoms with van der Waals surface area (Å²) in [7, 11) is -3.55. The molecule has 0 bridgehead atoms. The predicted molar refractivity (Wildman–Crippen MR) is 118 cm³/mol. The number of aryl methyl sites for hydroxylation is 3. The quantitative estimate of drug-likeness (QED) is 0.496. The number of hydrogen-bond donors (Lipinski definition) is 1. The summed E-state index contributed by atoms with van der Waals surface area (Å²) in [5, 5.41) is 2.82. The number of hydrogen-bond acceptors (Lipinski definition) is 4. The number of anilines is 1. The van der Waals surface area contributed by atoms with Gasteiger partial charge in [0.25, 0.3) is 0 Å². The number of amides is 1. The van der Waals surface area contributed by atoms with Crippen molar-refractivity contribution in [3.05, 3.63) is 59.2 Å². The second-order valence-electron chi connectivity index (χ2n) is 6.92. The highest BCUT2D eigenvalue weighted by molar-refractivity contribution is 7.99. The number of sulfonamides is 1. The molecule has 2 aromatic rings. The molecule has 0 aromatic heterocycles. The van der Waals surface area contributed by atoms with Crippen molar-refractivity contribution >= 4 is 33.4 Å². The summed E-state index contributed by atoms with van der Waals surface area (Å²) in [6.45, 7) is 6.15. The van der Waals surface area contributed by atoms with E-state index in [-0.39, 0.29) is 12.5 Å². The minimum Gasteiger partial charge on any atom is -0.354 e. The van der Waals surface area contributed by atoms with Crippen molar-refractivity contribution in [2.45, 2.75) is 32.1 Å². The van der Waals surface area contributed by atoms with E-state index in [4.69, 9.17) is 0 Å². The summed E-state index contributed by atoms with van der Waals surface area (Å²) in [4.78, 5) is 13.5. The number of thioether (sulfide) groups is 1. The molecule has 5 nitrogen and oxygen atoms in total. The maximum absolute atomic E-state index is 12.3. The number of rotatable bonds is 9. The largest absolute Gasteiger partial charge is 0.354 e. The maximum atomic E-state index is 12.3. The predicted octanol–water partition coefficient (Wildman–Crippen LogP) is 3.68. The SMILES string of the molecule is Cc1ccc(SCCCNC(=O)CN(c2ccc(C)cc2C)S(C)(=O)=O)cc1. The first kappa shape index (κ1) is 22.3. The molecule has 0 saturated carbocycles. The van der Waals surface area contributed by atoms with Crippen LogP contribution in [0, 0.1) is 20.8 Å². The van der Waals surface area contributed by atoms with Crippen molar-refractivity contribution < 1.29 is 13.2 Å². The van der Waals surface area contributed by atoms with Crippen LogP contribution in [0.5, 0.6) is 0 Å². The molecule has 1 N–H and O–H groups in total. The second kappa shape index (κ2) is 9.98. The summed E-state index contributed by atoms with van der Waals surface area (Å²) < 4.78 is 25.6. The topological polar surface area (TPSA) is 66.5 Å². The number of nitrogens with zero attached hydrogens (tertiary/aromatic N) is 1. The van der Waals surface area contributed by atoms with E-state index < -0.39 is 10.0 Å². The van der Waals surface area contributed by atoms with E-state index in [0.29, 0.717) is 12.2 Å². The van der Waals surface area contributed by atoms with Gasteiger partial charge in [0.2, 0.25) is 15.9 Å². The van der Waals surface area contributed by atoms with Crippen molar-refractivity contribution in [3.8, 4) is 0 Å². The van der Waals surface area contributed by atoms with E-state index in [2.05, 4.69) is 36.5 Å². The van der Waals surface area contributed by atoms with Crippen LogP contribution in [0.1, 0.15) is 23.1 Å². The van der Waals surface area contributed by atoms with Crippen molar-refractivity contribution in [3.63, 3.8) is 0 Å².